The summed E-state index contributed by atoms with van der Waals surface area (Å²) in [5.74, 6) is -0.0797. The average Bonchev–Trinajstić information content (AvgIpc) is 2.20. The molecule has 14 heavy (non-hydrogen) atoms. The van der Waals surface area contributed by atoms with Crippen molar-refractivity contribution < 1.29 is 10.2 Å². The molecule has 0 saturated carbocycles. The molecule has 0 heterocycles. The van der Waals surface area contributed by atoms with Crippen LogP contribution in [0.5, 0.6) is 5.75 Å². The first kappa shape index (κ1) is 10.8. The molecule has 6 N–H and O–H groups in total. The number of nitrogens with two attached hydrogens (primary N) is 2. The summed E-state index contributed by atoms with van der Waals surface area (Å²) >= 11 is 0. The number of hydrogen-bond donors (Lipinski definition) is 4. The van der Waals surface area contributed by atoms with Crippen LogP contribution in [0.2, 0.25) is 0 Å². The van der Waals surface area contributed by atoms with E-state index in [1.165, 1.54) is 0 Å². The Morgan fingerprint density at radius 3 is 2.64 bits per heavy atom. The van der Waals surface area contributed by atoms with Gasteiger partial charge in [-0.05, 0) is 12.5 Å². The van der Waals surface area contributed by atoms with Crippen molar-refractivity contribution in [3.05, 3.63) is 23.8 Å². The number of aromatic hydroxyl groups is 1. The molecule has 0 saturated heterocycles. The van der Waals surface area contributed by atoms with Crippen molar-refractivity contribution in [3.8, 4) is 5.75 Å². The molecule has 0 unspecified atom stereocenters. The zero-order chi connectivity index (χ0) is 10.7. The maximum Gasteiger partial charge on any atom is 0.144 e. The topological polar surface area (TPSA) is 92.5 Å². The van der Waals surface area contributed by atoms with Crippen LogP contribution in [0, 0.1) is 0 Å². The molecule has 0 aliphatic rings. The number of benzene rings is 1. The van der Waals surface area contributed by atoms with Crippen LogP contribution in [0.25, 0.3) is 0 Å². The molecule has 0 aromatic heterocycles. The SMILES string of the molecule is CC[C@H](N)[C@@H](O)c1cccc(N)c1O. The molecule has 2 atom stereocenters. The maximum atomic E-state index is 9.75. The third-order valence-corrected chi connectivity index (χ3v) is 2.29. The van der Waals surface area contributed by atoms with Gasteiger partial charge in [-0.25, -0.2) is 0 Å². The summed E-state index contributed by atoms with van der Waals surface area (Å²) in [6.45, 7) is 1.87. The predicted octanol–water partition coefficient (Wildman–Crippen LogP) is 0.745. The Bertz CT molecular complexity index is 315. The molecule has 0 spiro atoms. The summed E-state index contributed by atoms with van der Waals surface area (Å²) in [6.07, 6.45) is -0.237. The summed E-state index contributed by atoms with van der Waals surface area (Å²) in [5, 5.41) is 19.3. The normalized spacial score (nSPS) is 15.1. The number of hydrogen-bond acceptors (Lipinski definition) is 4. The molecule has 0 fully saturated rings. The smallest absolute Gasteiger partial charge is 0.144 e. The Kier molecular flexibility index (Phi) is 3.33. The van der Waals surface area contributed by atoms with E-state index in [4.69, 9.17) is 11.5 Å². The molecule has 0 aliphatic carbocycles. The third-order valence-electron chi connectivity index (χ3n) is 2.29. The molecule has 1 rings (SSSR count). The van der Waals surface area contributed by atoms with Crippen LogP contribution in [-0.4, -0.2) is 16.3 Å². The number of rotatable bonds is 3. The van der Waals surface area contributed by atoms with Crippen LogP contribution in [0.3, 0.4) is 0 Å². The first-order chi connectivity index (χ1) is 6.57. The fourth-order valence-corrected chi connectivity index (χ4v) is 1.27. The minimum absolute atomic E-state index is 0.0797. The van der Waals surface area contributed by atoms with Crippen molar-refractivity contribution >= 4 is 5.69 Å². The molecule has 0 amide bonds. The third kappa shape index (κ3) is 1.97. The van der Waals surface area contributed by atoms with Crippen LogP contribution in [-0.2, 0) is 0 Å². The maximum absolute atomic E-state index is 9.75. The van der Waals surface area contributed by atoms with Gasteiger partial charge in [-0.3, -0.25) is 0 Å². The van der Waals surface area contributed by atoms with Gasteiger partial charge in [0.25, 0.3) is 0 Å². The lowest BCUT2D eigenvalue weighted by Gasteiger charge is -2.18. The minimum Gasteiger partial charge on any atom is -0.505 e. The summed E-state index contributed by atoms with van der Waals surface area (Å²) in [7, 11) is 0. The summed E-state index contributed by atoms with van der Waals surface area (Å²) in [6, 6.07) is 4.48. The summed E-state index contributed by atoms with van der Waals surface area (Å²) in [4.78, 5) is 0. The second-order valence-electron chi connectivity index (χ2n) is 3.30. The monoisotopic (exact) mass is 196 g/mol. The fraction of sp³-hybridized carbons (Fsp3) is 0.400. The number of aliphatic hydroxyl groups excluding tert-OH is 1. The van der Waals surface area contributed by atoms with Crippen LogP contribution in [0.15, 0.2) is 18.2 Å². The molecule has 0 bridgehead atoms. The van der Waals surface area contributed by atoms with Gasteiger partial charge in [-0.1, -0.05) is 19.1 Å². The molecular formula is C10H16N2O2. The van der Waals surface area contributed by atoms with Gasteiger partial charge in [0.2, 0.25) is 0 Å². The van der Waals surface area contributed by atoms with Crippen molar-refractivity contribution in [2.45, 2.75) is 25.5 Å². The number of phenols is 1. The number of nitrogen functional groups attached to an aromatic ring is 1. The molecule has 1 aromatic carbocycles. The Morgan fingerprint density at radius 1 is 1.43 bits per heavy atom. The van der Waals surface area contributed by atoms with Gasteiger partial charge in [0, 0.05) is 11.6 Å². The fourth-order valence-electron chi connectivity index (χ4n) is 1.27. The van der Waals surface area contributed by atoms with Crippen LogP contribution >= 0.6 is 0 Å². The molecule has 4 heteroatoms. The van der Waals surface area contributed by atoms with E-state index in [0.29, 0.717) is 12.0 Å². The molecule has 4 nitrogen and oxygen atoms in total. The minimum atomic E-state index is -0.872. The van der Waals surface area contributed by atoms with Gasteiger partial charge in [0.1, 0.15) is 5.75 Å². The van der Waals surface area contributed by atoms with E-state index in [0.717, 1.165) is 0 Å². The Hall–Kier alpha value is -1.26. The van der Waals surface area contributed by atoms with Gasteiger partial charge >= 0.3 is 0 Å². The Balaban J connectivity index is 3.01. The van der Waals surface area contributed by atoms with Crippen molar-refractivity contribution in [2.75, 3.05) is 5.73 Å². The molecule has 1 aromatic rings. The van der Waals surface area contributed by atoms with E-state index in [1.807, 2.05) is 6.92 Å². The first-order valence-corrected chi connectivity index (χ1v) is 4.59. The van der Waals surface area contributed by atoms with Crippen LogP contribution < -0.4 is 11.5 Å². The van der Waals surface area contributed by atoms with E-state index in [9.17, 15) is 10.2 Å². The first-order valence-electron chi connectivity index (χ1n) is 4.59. The van der Waals surface area contributed by atoms with E-state index in [2.05, 4.69) is 0 Å². The van der Waals surface area contributed by atoms with Crippen molar-refractivity contribution in [2.24, 2.45) is 5.73 Å². The highest BCUT2D eigenvalue weighted by Gasteiger charge is 2.19. The number of phenolic OH excluding ortho intramolecular Hbond substituents is 1. The van der Waals surface area contributed by atoms with Gasteiger partial charge < -0.3 is 21.7 Å². The molecular weight excluding hydrogens is 180 g/mol. The summed E-state index contributed by atoms with van der Waals surface area (Å²) < 4.78 is 0. The zero-order valence-electron chi connectivity index (χ0n) is 8.14. The van der Waals surface area contributed by atoms with Crippen molar-refractivity contribution in [1.82, 2.24) is 0 Å². The average molecular weight is 196 g/mol. The van der Waals surface area contributed by atoms with Gasteiger partial charge in [-0.15, -0.1) is 0 Å². The number of para-hydroxylation sites is 1. The lowest BCUT2D eigenvalue weighted by molar-refractivity contribution is 0.141. The largest absolute Gasteiger partial charge is 0.505 e. The van der Waals surface area contributed by atoms with E-state index >= 15 is 0 Å². The molecule has 78 valence electrons. The van der Waals surface area contributed by atoms with Crippen LogP contribution in [0.4, 0.5) is 5.69 Å². The van der Waals surface area contributed by atoms with E-state index < -0.39 is 6.10 Å². The second-order valence-corrected chi connectivity index (χ2v) is 3.30. The number of aliphatic hydroxyl groups is 1. The Morgan fingerprint density at radius 2 is 2.07 bits per heavy atom. The lowest BCUT2D eigenvalue weighted by atomic mass is 9.99. The van der Waals surface area contributed by atoms with Crippen molar-refractivity contribution in [3.63, 3.8) is 0 Å². The molecule has 0 radical (unpaired) electrons. The Labute approximate surface area is 83.2 Å². The highest BCUT2D eigenvalue weighted by molar-refractivity contribution is 5.56. The van der Waals surface area contributed by atoms with Crippen molar-refractivity contribution in [1.29, 1.82) is 0 Å². The van der Waals surface area contributed by atoms with Gasteiger partial charge in [0.05, 0.1) is 11.8 Å². The summed E-state index contributed by atoms with van der Waals surface area (Å²) in [5.41, 5.74) is 11.8. The standard InChI is InChI=1S/C10H16N2O2/c1-2-7(11)9(13)6-4-3-5-8(12)10(6)14/h3-5,7,9,13-14H,2,11-12H2,1H3/t7-,9-/m0/s1. The van der Waals surface area contributed by atoms with E-state index in [-0.39, 0.29) is 17.5 Å². The van der Waals surface area contributed by atoms with Gasteiger partial charge in [0.15, 0.2) is 0 Å². The molecule has 0 aliphatic heterocycles. The van der Waals surface area contributed by atoms with E-state index in [1.54, 1.807) is 18.2 Å². The van der Waals surface area contributed by atoms with Gasteiger partial charge in [-0.2, -0.15) is 0 Å². The highest BCUT2D eigenvalue weighted by Crippen LogP contribution is 2.31. The second kappa shape index (κ2) is 4.30. The number of anilines is 1. The quantitative estimate of drug-likeness (QED) is 0.424. The zero-order valence-corrected chi connectivity index (χ0v) is 8.14. The highest BCUT2D eigenvalue weighted by atomic mass is 16.3. The van der Waals surface area contributed by atoms with Crippen LogP contribution in [0.1, 0.15) is 25.0 Å². The predicted molar refractivity (Wildman–Crippen MR) is 55.7 cm³/mol. The lowest BCUT2D eigenvalue weighted by Crippen LogP contribution is -2.27.